The number of allylic oxidation sites excluding steroid dienone is 2. The quantitative estimate of drug-likeness (QED) is 0.205. The van der Waals surface area contributed by atoms with Crippen molar-refractivity contribution in [1.29, 1.82) is 0 Å². The van der Waals surface area contributed by atoms with Crippen LogP contribution in [0.3, 0.4) is 0 Å². The van der Waals surface area contributed by atoms with Gasteiger partial charge >= 0.3 is 11.9 Å². The van der Waals surface area contributed by atoms with Crippen molar-refractivity contribution in [1.82, 2.24) is 0 Å². The number of ketones is 1. The molecule has 2 aliphatic rings. The Morgan fingerprint density at radius 1 is 0.825 bits per heavy atom. The van der Waals surface area contributed by atoms with Gasteiger partial charge in [-0.2, -0.15) is 0 Å². The third-order valence-corrected chi connectivity index (χ3v) is 7.25. The Hall–Kier alpha value is -4.52. The normalized spacial score (nSPS) is 20.3. The maximum Gasteiger partial charge on any atom is 0.315 e. The largest absolute Gasteiger partial charge is 0.490 e. The maximum absolute atomic E-state index is 13.7. The summed E-state index contributed by atoms with van der Waals surface area (Å²) in [5.41, 5.74) is 3.72. The summed E-state index contributed by atoms with van der Waals surface area (Å²) in [5, 5.41) is 0. The number of benzene rings is 3. The van der Waals surface area contributed by atoms with Crippen LogP contribution in [-0.4, -0.2) is 36.6 Å². The van der Waals surface area contributed by atoms with Gasteiger partial charge in [-0.1, -0.05) is 60.7 Å². The molecule has 1 aliphatic carbocycles. The van der Waals surface area contributed by atoms with E-state index < -0.39 is 23.8 Å². The van der Waals surface area contributed by atoms with Crippen molar-refractivity contribution in [2.24, 2.45) is 10.9 Å². The second-order valence-electron chi connectivity index (χ2n) is 10.00. The summed E-state index contributed by atoms with van der Waals surface area (Å²) in [4.78, 5) is 43.5. The van der Waals surface area contributed by atoms with Crippen LogP contribution in [-0.2, 0) is 19.1 Å². The van der Waals surface area contributed by atoms with Crippen molar-refractivity contribution in [2.75, 3.05) is 13.2 Å². The van der Waals surface area contributed by atoms with Crippen LogP contribution in [0.2, 0.25) is 0 Å². The number of carbonyl (C=O) groups is 3. The molecule has 0 amide bonds. The number of hydrogen-bond acceptors (Lipinski definition) is 7. The molecule has 3 aromatic carbocycles. The fourth-order valence-corrected chi connectivity index (χ4v) is 5.50. The summed E-state index contributed by atoms with van der Waals surface area (Å²) in [6.45, 7) is 3.41. The summed E-state index contributed by atoms with van der Waals surface area (Å²) in [6.07, 6.45) is 0.948. The molecule has 0 fully saturated rings. The van der Waals surface area contributed by atoms with Crippen LogP contribution in [0.1, 0.15) is 49.7 Å². The number of hydrogen-bond donors (Lipinski definition) is 0. The van der Waals surface area contributed by atoms with E-state index in [9.17, 15) is 14.4 Å². The second kappa shape index (κ2) is 12.1. The second-order valence-corrected chi connectivity index (χ2v) is 10.00. The molecule has 0 spiro atoms. The van der Waals surface area contributed by atoms with Crippen molar-refractivity contribution in [2.45, 2.75) is 38.5 Å². The summed E-state index contributed by atoms with van der Waals surface area (Å²) < 4.78 is 16.5. The van der Waals surface area contributed by atoms with Crippen LogP contribution >= 0.6 is 0 Å². The molecule has 7 heteroatoms. The first-order valence-corrected chi connectivity index (χ1v) is 13.4. The average molecular weight is 538 g/mol. The minimum atomic E-state index is -0.771. The Kier molecular flexibility index (Phi) is 8.20. The lowest BCUT2D eigenvalue weighted by Crippen LogP contribution is -2.38. The van der Waals surface area contributed by atoms with Gasteiger partial charge in [-0.3, -0.25) is 19.4 Å². The third-order valence-electron chi connectivity index (χ3n) is 7.25. The molecular formula is C33H31NO6. The lowest BCUT2D eigenvalue weighted by atomic mass is 9.69. The van der Waals surface area contributed by atoms with Gasteiger partial charge in [-0.15, -0.1) is 0 Å². The van der Waals surface area contributed by atoms with Crippen molar-refractivity contribution in [3.05, 3.63) is 107 Å². The van der Waals surface area contributed by atoms with Gasteiger partial charge in [0.05, 0.1) is 0 Å². The number of esters is 2. The first-order valence-electron chi connectivity index (χ1n) is 13.4. The Bertz CT molecular complexity index is 1440. The van der Waals surface area contributed by atoms with Crippen LogP contribution < -0.4 is 9.47 Å². The molecule has 7 nitrogen and oxygen atoms in total. The van der Waals surface area contributed by atoms with E-state index in [0.29, 0.717) is 41.3 Å². The zero-order valence-corrected chi connectivity index (χ0v) is 22.5. The van der Waals surface area contributed by atoms with E-state index in [4.69, 9.17) is 19.2 Å². The molecule has 0 aromatic heterocycles. The Labute approximate surface area is 233 Å². The first kappa shape index (κ1) is 27.1. The van der Waals surface area contributed by atoms with Gasteiger partial charge in [0.1, 0.15) is 30.6 Å². The molecule has 0 radical (unpaired) electrons. The minimum absolute atomic E-state index is 0.0226. The van der Waals surface area contributed by atoms with Crippen molar-refractivity contribution >= 4 is 23.4 Å². The fourth-order valence-electron chi connectivity index (χ4n) is 5.50. The highest BCUT2D eigenvalue weighted by atomic mass is 16.6. The standard InChI is InChI=1S/C33H31NO6/c1-21-30(33(37)39-18-17-38-26-11-7-4-8-12-26)31(24-13-15-27(16-14-24)40-22(2)35)32-28(34-21)19-25(20-29(32)36)23-9-5-3-6-10-23/h3-16,25,30-31H,17-20H2,1-2H3/t25-,30?,31-/m0/s1. The lowest BCUT2D eigenvalue weighted by Gasteiger charge is -2.36. The van der Waals surface area contributed by atoms with E-state index in [1.54, 1.807) is 24.3 Å². The number of aliphatic imine (C=N–C) groups is 1. The molecule has 40 heavy (non-hydrogen) atoms. The van der Waals surface area contributed by atoms with Gasteiger partial charge in [-0.25, -0.2) is 0 Å². The van der Waals surface area contributed by atoms with Gasteiger partial charge in [0, 0.05) is 36.2 Å². The molecule has 204 valence electrons. The van der Waals surface area contributed by atoms with Gasteiger partial charge in [0.2, 0.25) is 0 Å². The van der Waals surface area contributed by atoms with Crippen LogP contribution in [0.5, 0.6) is 11.5 Å². The summed E-state index contributed by atoms with van der Waals surface area (Å²) >= 11 is 0. The number of rotatable bonds is 8. The van der Waals surface area contributed by atoms with E-state index in [2.05, 4.69) is 0 Å². The number of ether oxygens (including phenoxy) is 3. The summed E-state index contributed by atoms with van der Waals surface area (Å²) in [5.74, 6) is -1.14. The van der Waals surface area contributed by atoms with E-state index in [-0.39, 0.29) is 24.9 Å². The number of para-hydroxylation sites is 1. The Morgan fingerprint density at radius 2 is 1.50 bits per heavy atom. The van der Waals surface area contributed by atoms with E-state index in [1.807, 2.05) is 67.6 Å². The highest BCUT2D eigenvalue weighted by Crippen LogP contribution is 2.47. The maximum atomic E-state index is 13.7. The Morgan fingerprint density at radius 3 is 2.17 bits per heavy atom. The third kappa shape index (κ3) is 6.04. The molecule has 5 rings (SSSR count). The molecule has 0 bridgehead atoms. The monoisotopic (exact) mass is 537 g/mol. The molecule has 0 N–H and O–H groups in total. The predicted octanol–water partition coefficient (Wildman–Crippen LogP) is 5.81. The lowest BCUT2D eigenvalue weighted by molar-refractivity contribution is -0.147. The predicted molar refractivity (Wildman–Crippen MR) is 150 cm³/mol. The summed E-state index contributed by atoms with van der Waals surface area (Å²) in [7, 11) is 0. The van der Waals surface area contributed by atoms with Crippen LogP contribution in [0.4, 0.5) is 0 Å². The highest BCUT2D eigenvalue weighted by Gasteiger charge is 2.44. The fraction of sp³-hybridized carbons (Fsp3) is 0.273. The van der Waals surface area contributed by atoms with E-state index in [0.717, 1.165) is 11.1 Å². The summed E-state index contributed by atoms with van der Waals surface area (Å²) in [6, 6.07) is 26.2. The van der Waals surface area contributed by atoms with E-state index >= 15 is 0 Å². The van der Waals surface area contributed by atoms with Crippen LogP contribution in [0, 0.1) is 5.92 Å². The van der Waals surface area contributed by atoms with Crippen LogP contribution in [0.15, 0.2) is 101 Å². The molecule has 0 saturated carbocycles. The zero-order chi connectivity index (χ0) is 28.1. The highest BCUT2D eigenvalue weighted by molar-refractivity contribution is 6.09. The van der Waals surface area contributed by atoms with Gasteiger partial charge in [0.25, 0.3) is 0 Å². The average Bonchev–Trinajstić information content (AvgIpc) is 2.95. The van der Waals surface area contributed by atoms with Gasteiger partial charge in [0.15, 0.2) is 5.78 Å². The molecule has 3 atom stereocenters. The molecule has 3 aromatic rings. The minimum Gasteiger partial charge on any atom is -0.490 e. The molecule has 0 saturated heterocycles. The Balaban J connectivity index is 1.42. The molecular weight excluding hydrogens is 506 g/mol. The molecule has 1 unspecified atom stereocenters. The van der Waals surface area contributed by atoms with Gasteiger partial charge in [-0.05, 0) is 54.7 Å². The smallest absolute Gasteiger partial charge is 0.315 e. The SMILES string of the molecule is CC(=O)Oc1ccc([C@@H]2C3=C(C[C@H](c4ccccc4)CC3=O)N=C(C)C2C(=O)OCCOc2ccccc2)cc1. The zero-order valence-electron chi connectivity index (χ0n) is 22.5. The van der Waals surface area contributed by atoms with Crippen molar-refractivity contribution in [3.63, 3.8) is 0 Å². The van der Waals surface area contributed by atoms with Crippen molar-refractivity contribution < 1.29 is 28.6 Å². The number of Topliss-reactive ketones (excluding diaryl/α,β-unsaturated/α-hetero) is 1. The van der Waals surface area contributed by atoms with Crippen molar-refractivity contribution in [3.8, 4) is 11.5 Å². The first-order chi connectivity index (χ1) is 19.4. The number of nitrogens with zero attached hydrogens (tertiary/aromatic N) is 1. The number of carbonyl (C=O) groups excluding carboxylic acids is 3. The molecule has 1 aliphatic heterocycles. The van der Waals surface area contributed by atoms with Gasteiger partial charge < -0.3 is 14.2 Å². The molecule has 1 heterocycles. The van der Waals surface area contributed by atoms with E-state index in [1.165, 1.54) is 6.92 Å². The van der Waals surface area contributed by atoms with Crippen LogP contribution in [0.25, 0.3) is 0 Å². The topological polar surface area (TPSA) is 91.3 Å².